The van der Waals surface area contributed by atoms with Crippen LogP contribution in [-0.2, 0) is 4.74 Å². The number of carbonyl (C=O) groups is 1. The average Bonchev–Trinajstić information content (AvgIpc) is 2.58. The molecule has 6 nitrogen and oxygen atoms in total. The summed E-state index contributed by atoms with van der Waals surface area (Å²) in [5.41, 5.74) is 3.92. The molecule has 1 aliphatic rings. The van der Waals surface area contributed by atoms with E-state index in [2.05, 4.69) is 15.3 Å². The lowest BCUT2D eigenvalue weighted by Gasteiger charge is -2.26. The number of benzene rings is 1. The molecule has 2 aromatic rings. The van der Waals surface area contributed by atoms with Gasteiger partial charge in [-0.3, -0.25) is 4.79 Å². The number of aromatic nitrogens is 2. The lowest BCUT2D eigenvalue weighted by atomic mass is 10.1. The van der Waals surface area contributed by atoms with Gasteiger partial charge >= 0.3 is 0 Å². The topological polar surface area (TPSA) is 67.4 Å². The first-order valence-corrected chi connectivity index (χ1v) is 8.58. The van der Waals surface area contributed by atoms with E-state index >= 15 is 0 Å². The second-order valence-electron chi connectivity index (χ2n) is 6.19. The van der Waals surface area contributed by atoms with E-state index in [1.165, 1.54) is 0 Å². The first kappa shape index (κ1) is 17.6. The predicted octanol–water partition coefficient (Wildman–Crippen LogP) is 3.27. The summed E-state index contributed by atoms with van der Waals surface area (Å²) in [5, 5.41) is 3.76. The van der Waals surface area contributed by atoms with Gasteiger partial charge in [0.15, 0.2) is 0 Å². The Morgan fingerprint density at radius 2 is 1.88 bits per heavy atom. The van der Waals surface area contributed by atoms with Crippen molar-refractivity contribution in [3.63, 3.8) is 0 Å². The van der Waals surface area contributed by atoms with Gasteiger partial charge in [0, 0.05) is 18.8 Å². The summed E-state index contributed by atoms with van der Waals surface area (Å²) in [6, 6.07) is 5.61. The Morgan fingerprint density at radius 1 is 1.16 bits per heavy atom. The standard InChI is InChI=1S/C18H21ClN4O2/c1-11-8-12(2)16(14(19)9-11)22-18-20-13(3)10-15(21-18)17(24)23-4-6-25-7-5-23/h8-10H,4-7H2,1-3H3,(H,20,21,22). The van der Waals surface area contributed by atoms with E-state index in [1.54, 1.807) is 11.0 Å². The number of anilines is 2. The van der Waals surface area contributed by atoms with Gasteiger partial charge in [-0.25, -0.2) is 9.97 Å². The molecular weight excluding hydrogens is 340 g/mol. The van der Waals surface area contributed by atoms with Crippen molar-refractivity contribution in [3.8, 4) is 0 Å². The Morgan fingerprint density at radius 3 is 2.56 bits per heavy atom. The van der Waals surface area contributed by atoms with Crippen molar-refractivity contribution >= 4 is 29.1 Å². The minimum Gasteiger partial charge on any atom is -0.378 e. The summed E-state index contributed by atoms with van der Waals surface area (Å²) in [7, 11) is 0. The molecule has 1 amide bonds. The van der Waals surface area contributed by atoms with E-state index in [4.69, 9.17) is 16.3 Å². The number of rotatable bonds is 3. The lowest BCUT2D eigenvalue weighted by Crippen LogP contribution is -2.41. The molecule has 1 aromatic heterocycles. The number of nitrogens with zero attached hydrogens (tertiary/aromatic N) is 3. The van der Waals surface area contributed by atoms with Crippen molar-refractivity contribution in [2.45, 2.75) is 20.8 Å². The molecule has 1 N–H and O–H groups in total. The number of hydrogen-bond acceptors (Lipinski definition) is 5. The highest BCUT2D eigenvalue weighted by molar-refractivity contribution is 6.33. The molecule has 0 spiro atoms. The summed E-state index contributed by atoms with van der Waals surface area (Å²) in [4.78, 5) is 23.2. The van der Waals surface area contributed by atoms with Crippen molar-refractivity contribution in [3.05, 3.63) is 45.7 Å². The molecule has 1 fully saturated rings. The third-order valence-corrected chi connectivity index (χ3v) is 4.34. The zero-order chi connectivity index (χ0) is 18.0. The third-order valence-electron chi connectivity index (χ3n) is 4.04. The maximum atomic E-state index is 12.7. The molecule has 0 atom stereocenters. The molecule has 0 saturated carbocycles. The van der Waals surface area contributed by atoms with Crippen LogP contribution in [0.4, 0.5) is 11.6 Å². The second kappa shape index (κ2) is 7.37. The minimum absolute atomic E-state index is 0.108. The minimum atomic E-state index is -0.108. The summed E-state index contributed by atoms with van der Waals surface area (Å²) < 4.78 is 5.29. The second-order valence-corrected chi connectivity index (χ2v) is 6.59. The van der Waals surface area contributed by atoms with Crippen LogP contribution in [-0.4, -0.2) is 47.1 Å². The number of ether oxygens (including phenoxy) is 1. The molecule has 0 bridgehead atoms. The van der Waals surface area contributed by atoms with Crippen LogP contribution in [0.5, 0.6) is 0 Å². The molecule has 2 heterocycles. The van der Waals surface area contributed by atoms with Crippen molar-refractivity contribution in [2.24, 2.45) is 0 Å². The Kier molecular flexibility index (Phi) is 5.20. The van der Waals surface area contributed by atoms with Crippen LogP contribution in [0.2, 0.25) is 5.02 Å². The molecule has 132 valence electrons. The van der Waals surface area contributed by atoms with Crippen LogP contribution in [0.1, 0.15) is 27.3 Å². The van der Waals surface area contributed by atoms with Gasteiger partial charge in [-0.05, 0) is 44.0 Å². The van der Waals surface area contributed by atoms with Crippen LogP contribution in [0.25, 0.3) is 0 Å². The monoisotopic (exact) mass is 360 g/mol. The summed E-state index contributed by atoms with van der Waals surface area (Å²) >= 11 is 6.34. The highest BCUT2D eigenvalue weighted by atomic mass is 35.5. The van der Waals surface area contributed by atoms with Gasteiger partial charge in [-0.15, -0.1) is 0 Å². The summed E-state index contributed by atoms with van der Waals surface area (Å²) in [5.74, 6) is 0.258. The smallest absolute Gasteiger partial charge is 0.272 e. The van der Waals surface area contributed by atoms with Gasteiger partial charge < -0.3 is 15.0 Å². The maximum absolute atomic E-state index is 12.7. The van der Waals surface area contributed by atoms with E-state index in [9.17, 15) is 4.79 Å². The number of carbonyl (C=O) groups excluding carboxylic acids is 1. The predicted molar refractivity (Wildman–Crippen MR) is 97.7 cm³/mol. The molecular formula is C18H21ClN4O2. The van der Waals surface area contributed by atoms with Crippen LogP contribution in [0, 0.1) is 20.8 Å². The molecule has 0 aliphatic carbocycles. The first-order chi connectivity index (χ1) is 11.9. The lowest BCUT2D eigenvalue weighted by molar-refractivity contribution is 0.0299. The Bertz CT molecular complexity index is 781. The Hall–Kier alpha value is -2.18. The van der Waals surface area contributed by atoms with E-state index in [-0.39, 0.29) is 5.91 Å². The van der Waals surface area contributed by atoms with Crippen molar-refractivity contribution in [1.82, 2.24) is 14.9 Å². The number of aryl methyl sites for hydroxylation is 3. The Balaban J connectivity index is 1.88. The zero-order valence-corrected chi connectivity index (χ0v) is 15.4. The zero-order valence-electron chi connectivity index (χ0n) is 14.6. The van der Waals surface area contributed by atoms with Crippen LogP contribution < -0.4 is 5.32 Å². The highest BCUT2D eigenvalue weighted by Gasteiger charge is 2.21. The number of halogens is 1. The van der Waals surface area contributed by atoms with Crippen LogP contribution in [0.15, 0.2) is 18.2 Å². The molecule has 7 heteroatoms. The van der Waals surface area contributed by atoms with Crippen molar-refractivity contribution in [2.75, 3.05) is 31.6 Å². The molecule has 3 rings (SSSR count). The van der Waals surface area contributed by atoms with Gasteiger partial charge in [0.25, 0.3) is 5.91 Å². The fourth-order valence-corrected chi connectivity index (χ4v) is 3.22. The fourth-order valence-electron chi connectivity index (χ4n) is 2.85. The molecule has 1 aliphatic heterocycles. The van der Waals surface area contributed by atoms with E-state index in [0.29, 0.717) is 43.0 Å². The van der Waals surface area contributed by atoms with Crippen LogP contribution in [0.3, 0.4) is 0 Å². The first-order valence-electron chi connectivity index (χ1n) is 8.20. The number of morpholine rings is 1. The Labute approximate surface area is 152 Å². The molecule has 0 radical (unpaired) electrons. The van der Waals surface area contributed by atoms with Gasteiger partial charge in [0.05, 0.1) is 23.9 Å². The molecule has 1 aromatic carbocycles. The SMILES string of the molecule is Cc1cc(C)c(Nc2nc(C)cc(C(=O)N3CCOCC3)n2)c(Cl)c1. The van der Waals surface area contributed by atoms with Gasteiger partial charge in [-0.2, -0.15) is 0 Å². The normalized spacial score (nSPS) is 14.5. The number of nitrogens with one attached hydrogen (secondary N) is 1. The largest absolute Gasteiger partial charge is 0.378 e. The quantitative estimate of drug-likeness (QED) is 0.909. The van der Waals surface area contributed by atoms with Gasteiger partial charge in [0.1, 0.15) is 5.69 Å². The van der Waals surface area contributed by atoms with Gasteiger partial charge in [-0.1, -0.05) is 17.7 Å². The summed E-state index contributed by atoms with van der Waals surface area (Å²) in [6.07, 6.45) is 0. The molecule has 0 unspecified atom stereocenters. The highest BCUT2D eigenvalue weighted by Crippen LogP contribution is 2.29. The molecule has 25 heavy (non-hydrogen) atoms. The van der Waals surface area contributed by atoms with E-state index < -0.39 is 0 Å². The van der Waals surface area contributed by atoms with Crippen molar-refractivity contribution in [1.29, 1.82) is 0 Å². The third kappa shape index (κ3) is 4.08. The van der Waals surface area contributed by atoms with Crippen molar-refractivity contribution < 1.29 is 9.53 Å². The molecule has 1 saturated heterocycles. The number of amides is 1. The average molecular weight is 361 g/mol. The van der Waals surface area contributed by atoms with Crippen LogP contribution >= 0.6 is 11.6 Å². The van der Waals surface area contributed by atoms with E-state index in [0.717, 1.165) is 22.5 Å². The number of hydrogen-bond donors (Lipinski definition) is 1. The fraction of sp³-hybridized carbons (Fsp3) is 0.389. The maximum Gasteiger partial charge on any atom is 0.272 e. The van der Waals surface area contributed by atoms with Gasteiger partial charge in [0.2, 0.25) is 5.95 Å². The van der Waals surface area contributed by atoms with E-state index in [1.807, 2.05) is 32.9 Å². The summed E-state index contributed by atoms with van der Waals surface area (Å²) in [6.45, 7) is 8.06.